The van der Waals surface area contributed by atoms with E-state index in [0.29, 0.717) is 13.2 Å². The molecule has 3 rings (SSSR count). The number of aryl methyl sites for hydroxylation is 1. The number of rotatable bonds is 3. The number of hydrogen-bond acceptors (Lipinski definition) is 4. The lowest BCUT2D eigenvalue weighted by Crippen LogP contribution is -2.15. The maximum absolute atomic E-state index is 5.61. The van der Waals surface area contributed by atoms with Gasteiger partial charge in [-0.1, -0.05) is 0 Å². The number of hydrogen-bond donors (Lipinski definition) is 2. The Bertz CT molecular complexity index is 592. The highest BCUT2D eigenvalue weighted by atomic mass is 16.6. The number of ether oxygens (including phenoxy) is 2. The van der Waals surface area contributed by atoms with Gasteiger partial charge in [0, 0.05) is 12.1 Å². The Hall–Kier alpha value is -2.01. The molecule has 1 aromatic heterocycles. The predicted molar refractivity (Wildman–Crippen MR) is 72.5 cm³/mol. The molecule has 0 bridgehead atoms. The minimum atomic E-state index is 0.597. The topological polar surface area (TPSA) is 59.2 Å². The minimum absolute atomic E-state index is 0.597. The third-order valence-corrected chi connectivity index (χ3v) is 3.07. The summed E-state index contributed by atoms with van der Waals surface area (Å²) in [5.41, 5.74) is 3.08. The fraction of sp³-hybridized carbons (Fsp3) is 0.357. The number of benzene rings is 1. The van der Waals surface area contributed by atoms with E-state index in [0.717, 1.165) is 40.8 Å². The molecule has 2 heterocycles. The van der Waals surface area contributed by atoms with Crippen LogP contribution in [0.2, 0.25) is 0 Å². The Balaban J connectivity index is 2.01. The molecule has 0 unspecified atom stereocenters. The maximum atomic E-state index is 5.61. The van der Waals surface area contributed by atoms with Crippen LogP contribution in [-0.4, -0.2) is 30.2 Å². The van der Waals surface area contributed by atoms with Crippen molar-refractivity contribution < 1.29 is 9.47 Å². The van der Waals surface area contributed by atoms with E-state index >= 15 is 0 Å². The van der Waals surface area contributed by atoms with Crippen LogP contribution in [0.25, 0.3) is 11.3 Å². The van der Waals surface area contributed by atoms with Gasteiger partial charge in [-0.3, -0.25) is 0 Å². The van der Waals surface area contributed by atoms with Crippen molar-refractivity contribution in [3.05, 3.63) is 29.7 Å². The van der Waals surface area contributed by atoms with Crippen LogP contribution >= 0.6 is 0 Å². The Kier molecular flexibility index (Phi) is 3.13. The largest absolute Gasteiger partial charge is 0.486 e. The van der Waals surface area contributed by atoms with E-state index in [2.05, 4.69) is 15.3 Å². The van der Waals surface area contributed by atoms with Gasteiger partial charge in [-0.2, -0.15) is 0 Å². The number of imidazole rings is 1. The van der Waals surface area contributed by atoms with Crippen LogP contribution in [0.1, 0.15) is 11.5 Å². The first-order valence-electron chi connectivity index (χ1n) is 6.38. The summed E-state index contributed by atoms with van der Waals surface area (Å²) >= 11 is 0. The Morgan fingerprint density at radius 1 is 1.26 bits per heavy atom. The van der Waals surface area contributed by atoms with Crippen molar-refractivity contribution in [2.45, 2.75) is 13.5 Å². The number of aromatic nitrogens is 2. The van der Waals surface area contributed by atoms with Crippen LogP contribution in [0.4, 0.5) is 0 Å². The second-order valence-corrected chi connectivity index (χ2v) is 4.54. The van der Waals surface area contributed by atoms with Gasteiger partial charge < -0.3 is 19.8 Å². The van der Waals surface area contributed by atoms with Crippen LogP contribution in [0.15, 0.2) is 18.2 Å². The quantitative estimate of drug-likeness (QED) is 0.883. The van der Waals surface area contributed by atoms with E-state index in [-0.39, 0.29) is 0 Å². The van der Waals surface area contributed by atoms with E-state index in [1.807, 2.05) is 32.2 Å². The van der Waals surface area contributed by atoms with Gasteiger partial charge in [-0.25, -0.2) is 4.98 Å². The molecule has 2 N–H and O–H groups in total. The van der Waals surface area contributed by atoms with Crippen LogP contribution in [0.3, 0.4) is 0 Å². The number of nitrogens with one attached hydrogen (secondary N) is 2. The van der Waals surface area contributed by atoms with Crippen LogP contribution in [0.5, 0.6) is 11.5 Å². The molecule has 100 valence electrons. The second-order valence-electron chi connectivity index (χ2n) is 4.54. The van der Waals surface area contributed by atoms with Gasteiger partial charge in [0.15, 0.2) is 11.5 Å². The number of H-pyrrole nitrogens is 1. The lowest BCUT2D eigenvalue weighted by Gasteiger charge is -2.18. The molecule has 0 spiro atoms. The molecule has 19 heavy (non-hydrogen) atoms. The summed E-state index contributed by atoms with van der Waals surface area (Å²) in [6.45, 7) is 3.92. The summed E-state index contributed by atoms with van der Waals surface area (Å²) in [5, 5.41) is 3.14. The van der Waals surface area contributed by atoms with E-state index < -0.39 is 0 Å². The van der Waals surface area contributed by atoms with Crippen molar-refractivity contribution in [2.75, 3.05) is 20.3 Å². The molecule has 0 saturated heterocycles. The normalized spacial score (nSPS) is 13.6. The van der Waals surface area contributed by atoms with Crippen molar-refractivity contribution in [1.82, 2.24) is 15.3 Å². The Morgan fingerprint density at radius 3 is 2.84 bits per heavy atom. The van der Waals surface area contributed by atoms with Crippen molar-refractivity contribution in [2.24, 2.45) is 0 Å². The molecule has 1 aliphatic rings. The maximum Gasteiger partial charge on any atom is 0.162 e. The SMILES string of the molecule is CNCc1[nH]c(C)nc1-c1ccc2c(c1)OCCO2. The van der Waals surface area contributed by atoms with Crippen LogP contribution < -0.4 is 14.8 Å². The number of aromatic amines is 1. The first kappa shape index (κ1) is 12.0. The standard InChI is InChI=1S/C14H17N3O2/c1-9-16-11(8-15-2)14(17-9)10-3-4-12-13(7-10)19-6-5-18-12/h3-4,7,15H,5-6,8H2,1-2H3,(H,16,17). The molecular formula is C14H17N3O2. The first-order valence-corrected chi connectivity index (χ1v) is 6.38. The molecule has 1 aromatic carbocycles. The average Bonchev–Trinajstić information content (AvgIpc) is 2.80. The molecule has 5 nitrogen and oxygen atoms in total. The first-order chi connectivity index (χ1) is 9.28. The molecule has 1 aliphatic heterocycles. The highest BCUT2D eigenvalue weighted by Crippen LogP contribution is 2.34. The third-order valence-electron chi connectivity index (χ3n) is 3.07. The molecular weight excluding hydrogens is 242 g/mol. The zero-order valence-electron chi connectivity index (χ0n) is 11.1. The molecule has 0 radical (unpaired) electrons. The zero-order valence-corrected chi connectivity index (χ0v) is 11.1. The van der Waals surface area contributed by atoms with Gasteiger partial charge in [0.05, 0.1) is 11.4 Å². The van der Waals surface area contributed by atoms with Gasteiger partial charge >= 0.3 is 0 Å². The Labute approximate surface area is 112 Å². The zero-order chi connectivity index (χ0) is 13.2. The molecule has 0 aliphatic carbocycles. The molecule has 0 amide bonds. The summed E-state index contributed by atoms with van der Waals surface area (Å²) in [6.07, 6.45) is 0. The smallest absolute Gasteiger partial charge is 0.162 e. The van der Waals surface area contributed by atoms with Crippen LogP contribution in [0, 0.1) is 6.92 Å². The predicted octanol–water partition coefficient (Wildman–Crippen LogP) is 1.88. The van der Waals surface area contributed by atoms with Crippen molar-refractivity contribution in [3.8, 4) is 22.8 Å². The van der Waals surface area contributed by atoms with Gasteiger partial charge in [0.1, 0.15) is 19.0 Å². The van der Waals surface area contributed by atoms with Crippen molar-refractivity contribution in [3.63, 3.8) is 0 Å². The number of fused-ring (bicyclic) bond motifs is 1. The molecule has 5 heteroatoms. The monoisotopic (exact) mass is 259 g/mol. The summed E-state index contributed by atoms with van der Waals surface area (Å²) in [5.74, 6) is 2.51. The lowest BCUT2D eigenvalue weighted by molar-refractivity contribution is 0.171. The van der Waals surface area contributed by atoms with Gasteiger partial charge in [-0.15, -0.1) is 0 Å². The van der Waals surface area contributed by atoms with E-state index in [9.17, 15) is 0 Å². The molecule has 0 saturated carbocycles. The lowest BCUT2D eigenvalue weighted by atomic mass is 10.1. The third kappa shape index (κ3) is 2.29. The molecule has 2 aromatic rings. The highest BCUT2D eigenvalue weighted by Gasteiger charge is 2.15. The fourth-order valence-corrected chi connectivity index (χ4v) is 2.27. The highest BCUT2D eigenvalue weighted by molar-refractivity contribution is 5.66. The molecule has 0 fully saturated rings. The summed E-state index contributed by atoms with van der Waals surface area (Å²) in [4.78, 5) is 7.83. The van der Waals surface area contributed by atoms with Gasteiger partial charge in [0.2, 0.25) is 0 Å². The molecule has 0 atom stereocenters. The number of nitrogens with zero attached hydrogens (tertiary/aromatic N) is 1. The average molecular weight is 259 g/mol. The fourth-order valence-electron chi connectivity index (χ4n) is 2.27. The summed E-state index contributed by atoms with van der Waals surface area (Å²) in [6, 6.07) is 5.95. The van der Waals surface area contributed by atoms with E-state index in [4.69, 9.17) is 9.47 Å². The van der Waals surface area contributed by atoms with E-state index in [1.54, 1.807) is 0 Å². The minimum Gasteiger partial charge on any atom is -0.486 e. The Morgan fingerprint density at radius 2 is 2.05 bits per heavy atom. The van der Waals surface area contributed by atoms with Gasteiger partial charge in [0.25, 0.3) is 0 Å². The van der Waals surface area contributed by atoms with Crippen LogP contribution in [-0.2, 0) is 6.54 Å². The van der Waals surface area contributed by atoms with Crippen molar-refractivity contribution in [1.29, 1.82) is 0 Å². The van der Waals surface area contributed by atoms with Crippen molar-refractivity contribution >= 4 is 0 Å². The summed E-state index contributed by atoms with van der Waals surface area (Å²) < 4.78 is 11.1. The van der Waals surface area contributed by atoms with E-state index in [1.165, 1.54) is 0 Å². The summed E-state index contributed by atoms with van der Waals surface area (Å²) in [7, 11) is 1.92. The second kappa shape index (κ2) is 4.93. The van der Waals surface area contributed by atoms with Gasteiger partial charge in [-0.05, 0) is 32.2 Å².